The Bertz CT molecular complexity index is 769. The minimum Gasteiger partial charge on any atom is -0.496 e. The molecule has 0 bridgehead atoms. The molecule has 1 N–H and O–H groups in total. The van der Waals surface area contributed by atoms with Crippen LogP contribution in [0.3, 0.4) is 0 Å². The topological polar surface area (TPSA) is 44.8 Å². The number of benzene rings is 2. The number of likely N-dealkylation sites (tertiary alicyclic amines) is 1. The average molecular weight is 355 g/mol. The zero-order valence-electron chi connectivity index (χ0n) is 16.2. The van der Waals surface area contributed by atoms with E-state index in [1.165, 1.54) is 0 Å². The fourth-order valence-corrected chi connectivity index (χ4v) is 3.76. The Hall–Kier alpha value is -2.27. The van der Waals surface area contributed by atoms with E-state index in [1.807, 2.05) is 43.1 Å². The summed E-state index contributed by atoms with van der Waals surface area (Å²) in [5.74, 6) is 0.853. The normalized spacial score (nSPS) is 17.1. The van der Waals surface area contributed by atoms with Crippen LogP contribution in [0.2, 0.25) is 0 Å². The summed E-state index contributed by atoms with van der Waals surface area (Å²) in [4.78, 5) is 16.9. The number of carbonyl (C=O) groups is 1. The Morgan fingerprint density at radius 2 is 1.85 bits per heavy atom. The summed E-state index contributed by atoms with van der Waals surface area (Å²) < 4.78 is 5.47. The Kier molecular flexibility index (Phi) is 5.67. The summed E-state index contributed by atoms with van der Waals surface area (Å²) in [6, 6.07) is 12.4. The van der Waals surface area contributed by atoms with Gasteiger partial charge in [0.05, 0.1) is 13.2 Å². The van der Waals surface area contributed by atoms with E-state index in [0.717, 1.165) is 48.0 Å². The van der Waals surface area contributed by atoms with Crippen LogP contribution in [-0.4, -0.2) is 56.2 Å². The Morgan fingerprint density at radius 3 is 2.50 bits per heavy atom. The lowest BCUT2D eigenvalue weighted by Crippen LogP contribution is -2.48. The molecule has 0 radical (unpaired) electrons. The highest BCUT2D eigenvalue weighted by Crippen LogP contribution is 2.31. The fraction of sp³-hybridized carbons (Fsp3) is 0.476. The molecule has 1 fully saturated rings. The predicted molar refractivity (Wildman–Crippen MR) is 106 cm³/mol. The van der Waals surface area contributed by atoms with Gasteiger partial charge in [-0.05, 0) is 56.9 Å². The molecule has 1 aliphatic rings. The Labute approximate surface area is 155 Å². The van der Waals surface area contributed by atoms with Gasteiger partial charge >= 0.3 is 6.03 Å². The molecule has 0 aliphatic carbocycles. The summed E-state index contributed by atoms with van der Waals surface area (Å²) >= 11 is 0. The molecular weight excluding hydrogens is 326 g/mol. The number of hydrogen-bond acceptors (Lipinski definition) is 3. The highest BCUT2D eigenvalue weighted by molar-refractivity contribution is 5.91. The van der Waals surface area contributed by atoms with Gasteiger partial charge in [-0.15, -0.1) is 0 Å². The third-order valence-corrected chi connectivity index (χ3v) is 5.50. The van der Waals surface area contributed by atoms with Gasteiger partial charge in [-0.3, -0.25) is 0 Å². The number of amides is 2. The maximum absolute atomic E-state index is 12.7. The Balaban J connectivity index is 1.74. The minimum absolute atomic E-state index is 0.00745. The number of urea groups is 1. The van der Waals surface area contributed by atoms with Crippen LogP contribution < -0.4 is 10.1 Å². The maximum Gasteiger partial charge on any atom is 0.317 e. The Morgan fingerprint density at radius 1 is 1.19 bits per heavy atom. The summed E-state index contributed by atoms with van der Waals surface area (Å²) in [5.41, 5.74) is 1.10. The van der Waals surface area contributed by atoms with Gasteiger partial charge in [0.25, 0.3) is 0 Å². The zero-order valence-corrected chi connectivity index (χ0v) is 16.2. The van der Waals surface area contributed by atoms with Crippen molar-refractivity contribution in [3.63, 3.8) is 0 Å². The third-order valence-electron chi connectivity index (χ3n) is 5.50. The predicted octanol–water partition coefficient (Wildman–Crippen LogP) is 3.65. The molecule has 0 aromatic heterocycles. The van der Waals surface area contributed by atoms with Gasteiger partial charge in [0.15, 0.2) is 0 Å². The lowest BCUT2D eigenvalue weighted by molar-refractivity contribution is 0.146. The fourth-order valence-electron chi connectivity index (χ4n) is 3.76. The molecule has 2 aromatic rings. The van der Waals surface area contributed by atoms with Crippen LogP contribution in [-0.2, 0) is 0 Å². The van der Waals surface area contributed by atoms with Crippen LogP contribution >= 0.6 is 0 Å². The van der Waals surface area contributed by atoms with Gasteiger partial charge in [0.1, 0.15) is 5.75 Å². The highest BCUT2D eigenvalue weighted by Gasteiger charge is 2.25. The van der Waals surface area contributed by atoms with Gasteiger partial charge in [-0.1, -0.05) is 30.3 Å². The van der Waals surface area contributed by atoms with Gasteiger partial charge in [-0.25, -0.2) is 4.79 Å². The van der Waals surface area contributed by atoms with Crippen LogP contribution in [0.1, 0.15) is 31.4 Å². The monoisotopic (exact) mass is 355 g/mol. The molecule has 0 saturated carbocycles. The number of rotatable bonds is 4. The molecule has 140 valence electrons. The van der Waals surface area contributed by atoms with Gasteiger partial charge in [-0.2, -0.15) is 0 Å². The molecule has 1 heterocycles. The second kappa shape index (κ2) is 7.96. The van der Waals surface area contributed by atoms with Gasteiger partial charge < -0.3 is 19.9 Å². The first-order valence-electron chi connectivity index (χ1n) is 9.28. The van der Waals surface area contributed by atoms with E-state index in [1.54, 1.807) is 7.11 Å². The third kappa shape index (κ3) is 3.78. The first-order valence-corrected chi connectivity index (χ1v) is 9.28. The van der Waals surface area contributed by atoms with E-state index in [0.29, 0.717) is 6.04 Å². The highest BCUT2D eigenvalue weighted by atomic mass is 16.5. The number of piperidine rings is 1. The molecular formula is C21H29N3O2. The van der Waals surface area contributed by atoms with E-state index in [2.05, 4.69) is 29.4 Å². The van der Waals surface area contributed by atoms with Gasteiger partial charge in [0.2, 0.25) is 0 Å². The van der Waals surface area contributed by atoms with Crippen LogP contribution in [0.15, 0.2) is 36.4 Å². The molecule has 2 aromatic carbocycles. The largest absolute Gasteiger partial charge is 0.496 e. The average Bonchev–Trinajstić information content (AvgIpc) is 2.67. The van der Waals surface area contributed by atoms with E-state index >= 15 is 0 Å². The minimum atomic E-state index is -0.0768. The SMILES string of the molecule is COc1ccc([C@H](C)NC(=O)N(C)C2CCN(C)CC2)c2ccccc12. The lowest BCUT2D eigenvalue weighted by Gasteiger charge is -2.35. The van der Waals surface area contributed by atoms with Crippen LogP contribution in [0.5, 0.6) is 5.75 Å². The number of ether oxygens (including phenoxy) is 1. The molecule has 26 heavy (non-hydrogen) atoms. The van der Waals surface area contributed by atoms with E-state index in [-0.39, 0.29) is 12.1 Å². The van der Waals surface area contributed by atoms with Crippen molar-refractivity contribution in [3.8, 4) is 5.75 Å². The summed E-state index contributed by atoms with van der Waals surface area (Å²) in [6.07, 6.45) is 2.06. The van der Waals surface area contributed by atoms with Crippen molar-refractivity contribution in [1.82, 2.24) is 15.1 Å². The lowest BCUT2D eigenvalue weighted by atomic mass is 9.99. The second-order valence-electron chi connectivity index (χ2n) is 7.22. The molecule has 1 atom stereocenters. The van der Waals surface area contributed by atoms with E-state index < -0.39 is 0 Å². The van der Waals surface area contributed by atoms with Crippen molar-refractivity contribution in [1.29, 1.82) is 0 Å². The van der Waals surface area contributed by atoms with Crippen molar-refractivity contribution in [2.24, 2.45) is 0 Å². The number of fused-ring (bicyclic) bond motifs is 1. The molecule has 2 amide bonds. The first kappa shape index (κ1) is 18.5. The molecule has 1 aliphatic heterocycles. The van der Waals surface area contributed by atoms with Crippen LogP contribution in [0, 0.1) is 0 Å². The maximum atomic E-state index is 12.7. The second-order valence-corrected chi connectivity index (χ2v) is 7.22. The molecule has 5 nitrogen and oxygen atoms in total. The quantitative estimate of drug-likeness (QED) is 0.911. The van der Waals surface area contributed by atoms with Crippen molar-refractivity contribution in [3.05, 3.63) is 42.0 Å². The van der Waals surface area contributed by atoms with Crippen molar-refractivity contribution >= 4 is 16.8 Å². The number of methoxy groups -OCH3 is 1. The smallest absolute Gasteiger partial charge is 0.317 e. The zero-order chi connectivity index (χ0) is 18.7. The molecule has 1 saturated heterocycles. The number of carbonyl (C=O) groups excluding carboxylic acids is 1. The van der Waals surface area contributed by atoms with Crippen molar-refractivity contribution < 1.29 is 9.53 Å². The number of nitrogens with one attached hydrogen (secondary N) is 1. The molecule has 3 rings (SSSR count). The van der Waals surface area contributed by atoms with Crippen molar-refractivity contribution in [2.45, 2.75) is 31.8 Å². The van der Waals surface area contributed by atoms with E-state index in [4.69, 9.17) is 4.74 Å². The van der Waals surface area contributed by atoms with Crippen molar-refractivity contribution in [2.75, 3.05) is 34.3 Å². The first-order chi connectivity index (χ1) is 12.5. The molecule has 5 heteroatoms. The standard InChI is InChI=1S/C21H29N3O2/c1-15(22-21(25)24(3)16-11-13-23(2)14-12-16)17-9-10-20(26-4)19-8-6-5-7-18(17)19/h5-10,15-16H,11-14H2,1-4H3,(H,22,25)/t15-/m0/s1. The molecule has 0 spiro atoms. The van der Waals surface area contributed by atoms with Crippen LogP contribution in [0.4, 0.5) is 4.79 Å². The summed E-state index contributed by atoms with van der Waals surface area (Å²) in [5, 5.41) is 5.35. The molecule has 0 unspecified atom stereocenters. The number of nitrogens with zero attached hydrogens (tertiary/aromatic N) is 2. The van der Waals surface area contributed by atoms with Crippen LogP contribution in [0.25, 0.3) is 10.8 Å². The number of hydrogen-bond donors (Lipinski definition) is 1. The summed E-state index contributed by atoms with van der Waals surface area (Å²) in [6.45, 7) is 4.12. The van der Waals surface area contributed by atoms with E-state index in [9.17, 15) is 4.79 Å². The summed E-state index contributed by atoms with van der Waals surface area (Å²) in [7, 11) is 5.72. The van der Waals surface area contributed by atoms with Gasteiger partial charge in [0, 0.05) is 18.5 Å².